The van der Waals surface area contributed by atoms with E-state index < -0.39 is 0 Å². The van der Waals surface area contributed by atoms with Crippen LogP contribution < -0.4 is 0 Å². The number of nitrogens with zero attached hydrogens (tertiary/aromatic N) is 2. The molecule has 0 radical (unpaired) electrons. The van der Waals surface area contributed by atoms with Crippen LogP contribution in [0.1, 0.15) is 5.01 Å². The van der Waals surface area contributed by atoms with E-state index in [4.69, 9.17) is 26.1 Å². The molecule has 2 aromatic rings. The number of carbonyl (C=O) groups excluding carboxylic acids is 1. The molecule has 0 atom stereocenters. The van der Waals surface area contributed by atoms with E-state index in [1.807, 2.05) is 25.0 Å². The Bertz CT molecular complexity index is 596. The summed E-state index contributed by atoms with van der Waals surface area (Å²) >= 11 is 7.76. The minimum Gasteiger partial charge on any atom is -0.379 e. The fraction of sp³-hybridized carbons (Fsp3) is 0.429. The first kappa shape index (κ1) is 15.4. The van der Waals surface area contributed by atoms with Crippen molar-refractivity contribution in [1.82, 2.24) is 9.88 Å². The highest BCUT2D eigenvalue weighted by Gasteiger charge is 2.43. The zero-order valence-corrected chi connectivity index (χ0v) is 13.1. The minimum absolute atomic E-state index is 0.0691. The SMILES string of the molecule is C=O.CN(C)CC1(c2nc3cc(Cl)ccc3s2)COC1. The molecule has 4 nitrogen and oxygen atoms in total. The van der Waals surface area contributed by atoms with Crippen molar-refractivity contribution >= 4 is 39.9 Å². The molecule has 0 N–H and O–H groups in total. The van der Waals surface area contributed by atoms with Gasteiger partial charge in [0.05, 0.1) is 28.8 Å². The third-order valence-electron chi connectivity index (χ3n) is 3.18. The lowest BCUT2D eigenvalue weighted by Crippen LogP contribution is -2.53. The number of hydrogen-bond acceptors (Lipinski definition) is 5. The van der Waals surface area contributed by atoms with Crippen molar-refractivity contribution in [2.45, 2.75) is 5.41 Å². The number of rotatable bonds is 3. The van der Waals surface area contributed by atoms with Crippen molar-refractivity contribution in [3.05, 3.63) is 28.2 Å². The second kappa shape index (κ2) is 6.18. The zero-order chi connectivity index (χ0) is 14.8. The van der Waals surface area contributed by atoms with E-state index in [0.29, 0.717) is 0 Å². The highest BCUT2D eigenvalue weighted by Crippen LogP contribution is 2.38. The molecule has 20 heavy (non-hydrogen) atoms. The summed E-state index contributed by atoms with van der Waals surface area (Å²) in [6.07, 6.45) is 0. The van der Waals surface area contributed by atoms with Crippen LogP contribution in [0.4, 0.5) is 0 Å². The highest BCUT2D eigenvalue weighted by atomic mass is 35.5. The molecule has 0 bridgehead atoms. The number of thiazole rings is 1. The van der Waals surface area contributed by atoms with Crippen LogP contribution >= 0.6 is 22.9 Å². The lowest BCUT2D eigenvalue weighted by molar-refractivity contribution is -0.0979. The van der Waals surface area contributed by atoms with E-state index >= 15 is 0 Å². The molecule has 6 heteroatoms. The van der Waals surface area contributed by atoms with Crippen molar-refractivity contribution in [3.63, 3.8) is 0 Å². The van der Waals surface area contributed by atoms with Gasteiger partial charge in [0.2, 0.25) is 0 Å². The summed E-state index contributed by atoms with van der Waals surface area (Å²) < 4.78 is 6.62. The van der Waals surface area contributed by atoms with Gasteiger partial charge in [0.25, 0.3) is 0 Å². The number of halogens is 1. The van der Waals surface area contributed by atoms with Gasteiger partial charge in [-0.3, -0.25) is 0 Å². The van der Waals surface area contributed by atoms with Crippen molar-refractivity contribution < 1.29 is 9.53 Å². The summed E-state index contributed by atoms with van der Waals surface area (Å²) in [5.41, 5.74) is 1.06. The van der Waals surface area contributed by atoms with E-state index in [1.165, 1.54) is 9.71 Å². The summed E-state index contributed by atoms with van der Waals surface area (Å²) in [6, 6.07) is 5.89. The van der Waals surface area contributed by atoms with E-state index in [0.717, 1.165) is 30.3 Å². The van der Waals surface area contributed by atoms with Crippen molar-refractivity contribution in [3.8, 4) is 0 Å². The van der Waals surface area contributed by atoms with Crippen LogP contribution in [0.3, 0.4) is 0 Å². The summed E-state index contributed by atoms with van der Waals surface area (Å²) in [5, 5.41) is 1.91. The van der Waals surface area contributed by atoms with Gasteiger partial charge < -0.3 is 14.4 Å². The second-order valence-electron chi connectivity index (χ2n) is 5.14. The predicted molar refractivity (Wildman–Crippen MR) is 82.8 cm³/mol. The van der Waals surface area contributed by atoms with Crippen LogP contribution in [0.15, 0.2) is 18.2 Å². The second-order valence-corrected chi connectivity index (χ2v) is 6.61. The van der Waals surface area contributed by atoms with Crippen LogP contribution in [0.25, 0.3) is 10.2 Å². The maximum Gasteiger partial charge on any atom is 0.106 e. The fourth-order valence-electron chi connectivity index (χ4n) is 2.36. The van der Waals surface area contributed by atoms with Gasteiger partial charge in [-0.25, -0.2) is 4.98 Å². The summed E-state index contributed by atoms with van der Waals surface area (Å²) in [5.74, 6) is 0. The molecule has 0 unspecified atom stereocenters. The third-order valence-corrected chi connectivity index (χ3v) is 4.70. The largest absolute Gasteiger partial charge is 0.379 e. The molecule has 2 heterocycles. The minimum atomic E-state index is 0.0691. The van der Waals surface area contributed by atoms with E-state index in [-0.39, 0.29) is 5.41 Å². The van der Waals surface area contributed by atoms with Crippen LogP contribution in [-0.2, 0) is 14.9 Å². The Kier molecular flexibility index (Phi) is 4.75. The number of aromatic nitrogens is 1. The van der Waals surface area contributed by atoms with Gasteiger partial charge in [-0.05, 0) is 32.3 Å². The number of fused-ring (bicyclic) bond motifs is 1. The average molecular weight is 313 g/mol. The van der Waals surface area contributed by atoms with E-state index in [9.17, 15) is 0 Å². The van der Waals surface area contributed by atoms with Crippen molar-refractivity contribution in [1.29, 1.82) is 0 Å². The van der Waals surface area contributed by atoms with Crippen molar-refractivity contribution in [2.75, 3.05) is 33.9 Å². The number of likely N-dealkylation sites (N-methyl/N-ethyl adjacent to an activating group) is 1. The maximum atomic E-state index is 8.00. The topological polar surface area (TPSA) is 42.4 Å². The van der Waals surface area contributed by atoms with E-state index in [1.54, 1.807) is 11.3 Å². The Morgan fingerprint density at radius 3 is 2.70 bits per heavy atom. The molecule has 1 aliphatic heterocycles. The molecule has 1 aromatic carbocycles. The standard InChI is InChI=1S/C13H15ClN2OS.CH2O/c1-16(2)6-13(7-17-8-13)12-15-10-5-9(14)3-4-11(10)18-12;1-2/h3-5H,6-8H2,1-2H3;1H2. The van der Waals surface area contributed by atoms with Crippen LogP contribution in [-0.4, -0.2) is 50.5 Å². The fourth-order valence-corrected chi connectivity index (χ4v) is 3.63. The Balaban J connectivity index is 0.000000704. The molecule has 1 saturated heterocycles. The van der Waals surface area contributed by atoms with Crippen LogP contribution in [0.5, 0.6) is 0 Å². The number of carbonyl (C=O) groups is 1. The van der Waals surface area contributed by atoms with Gasteiger partial charge in [0.1, 0.15) is 11.8 Å². The predicted octanol–water partition coefficient (Wildman–Crippen LogP) is 2.59. The molecule has 3 rings (SSSR count). The smallest absolute Gasteiger partial charge is 0.106 e. The van der Waals surface area contributed by atoms with Crippen molar-refractivity contribution in [2.24, 2.45) is 0 Å². The van der Waals surface area contributed by atoms with Gasteiger partial charge >= 0.3 is 0 Å². The maximum absolute atomic E-state index is 8.00. The van der Waals surface area contributed by atoms with E-state index in [2.05, 4.69) is 19.0 Å². The number of ether oxygens (including phenoxy) is 1. The monoisotopic (exact) mass is 312 g/mol. The molecule has 0 saturated carbocycles. The van der Waals surface area contributed by atoms with Gasteiger partial charge in [0.15, 0.2) is 0 Å². The lowest BCUT2D eigenvalue weighted by atomic mass is 9.86. The number of benzene rings is 1. The molecule has 108 valence electrons. The summed E-state index contributed by atoms with van der Waals surface area (Å²) in [4.78, 5) is 14.9. The first-order valence-electron chi connectivity index (χ1n) is 6.17. The first-order chi connectivity index (χ1) is 9.59. The van der Waals surface area contributed by atoms with Gasteiger partial charge in [-0.1, -0.05) is 11.6 Å². The van der Waals surface area contributed by atoms with Crippen LogP contribution in [0, 0.1) is 0 Å². The summed E-state index contributed by atoms with van der Waals surface area (Å²) in [7, 11) is 4.18. The zero-order valence-electron chi connectivity index (χ0n) is 11.6. The van der Waals surface area contributed by atoms with Crippen LogP contribution in [0.2, 0.25) is 5.02 Å². The average Bonchev–Trinajstić information content (AvgIpc) is 2.79. The number of hydrogen-bond donors (Lipinski definition) is 0. The highest BCUT2D eigenvalue weighted by molar-refractivity contribution is 7.18. The first-order valence-corrected chi connectivity index (χ1v) is 7.36. The normalized spacial score (nSPS) is 16.6. The third kappa shape index (κ3) is 2.86. The van der Waals surface area contributed by atoms with Gasteiger partial charge in [0, 0.05) is 11.6 Å². The molecule has 0 amide bonds. The van der Waals surface area contributed by atoms with Gasteiger partial charge in [-0.15, -0.1) is 11.3 Å². The van der Waals surface area contributed by atoms with Gasteiger partial charge in [-0.2, -0.15) is 0 Å². The Morgan fingerprint density at radius 1 is 1.45 bits per heavy atom. The summed E-state index contributed by atoms with van der Waals surface area (Å²) in [6.45, 7) is 4.50. The molecule has 1 fully saturated rings. The Labute approximate surface area is 127 Å². The molecular formula is C14H17ClN2O2S. The Morgan fingerprint density at radius 2 is 2.15 bits per heavy atom. The quantitative estimate of drug-likeness (QED) is 0.873. The lowest BCUT2D eigenvalue weighted by Gasteiger charge is -2.41. The Hall–Kier alpha value is -1.01. The molecule has 1 aliphatic rings. The molecule has 1 aromatic heterocycles. The molecular weight excluding hydrogens is 296 g/mol. The molecule has 0 aliphatic carbocycles. The molecule has 0 spiro atoms.